The van der Waals surface area contributed by atoms with E-state index in [1.807, 2.05) is 0 Å². The highest BCUT2D eigenvalue weighted by atomic mass is 15.1. The van der Waals surface area contributed by atoms with Crippen LogP contribution in [0.4, 0.5) is 0 Å². The third kappa shape index (κ3) is 4.88. The van der Waals surface area contributed by atoms with Gasteiger partial charge in [-0.15, -0.1) is 0 Å². The van der Waals surface area contributed by atoms with Crippen molar-refractivity contribution < 1.29 is 0 Å². The van der Waals surface area contributed by atoms with Gasteiger partial charge in [-0.05, 0) is 26.0 Å². The average Bonchev–Trinajstić information content (AvgIpc) is 2.33. The molecule has 17 heavy (non-hydrogen) atoms. The predicted molar refractivity (Wildman–Crippen MR) is 75.0 cm³/mol. The second-order valence-electron chi connectivity index (χ2n) is 4.93. The van der Waals surface area contributed by atoms with Crippen LogP contribution in [-0.4, -0.2) is 24.5 Å². The Labute approximate surface area is 106 Å². The first-order chi connectivity index (χ1) is 8.17. The van der Waals surface area contributed by atoms with Crippen LogP contribution in [0.5, 0.6) is 0 Å². The van der Waals surface area contributed by atoms with Gasteiger partial charge >= 0.3 is 0 Å². The number of hydrogen-bond donors (Lipinski definition) is 1. The molecule has 0 amide bonds. The van der Waals surface area contributed by atoms with E-state index in [2.05, 4.69) is 50.1 Å². The number of nitrogens with zero attached hydrogens (tertiary/aromatic N) is 1. The van der Waals surface area contributed by atoms with Crippen LogP contribution in [0.2, 0.25) is 0 Å². The molecule has 0 fully saturated rings. The standard InChI is InChI=1S/C15H26N2/c1-4-5-6-15(11-16)17(3)12-14-9-7-13(2)8-10-14/h7-10,15H,4-6,11-12,16H2,1-3H3. The average molecular weight is 234 g/mol. The molecule has 0 aliphatic heterocycles. The fourth-order valence-electron chi connectivity index (χ4n) is 2.07. The van der Waals surface area contributed by atoms with Gasteiger partial charge in [0.2, 0.25) is 0 Å². The quantitative estimate of drug-likeness (QED) is 0.786. The lowest BCUT2D eigenvalue weighted by Crippen LogP contribution is -2.37. The number of nitrogens with two attached hydrogens (primary N) is 1. The lowest BCUT2D eigenvalue weighted by atomic mass is 10.1. The largest absolute Gasteiger partial charge is 0.329 e. The van der Waals surface area contributed by atoms with Gasteiger partial charge in [-0.1, -0.05) is 49.6 Å². The van der Waals surface area contributed by atoms with Crippen LogP contribution in [0.15, 0.2) is 24.3 Å². The van der Waals surface area contributed by atoms with Crippen LogP contribution in [0.3, 0.4) is 0 Å². The van der Waals surface area contributed by atoms with Gasteiger partial charge < -0.3 is 5.73 Å². The van der Waals surface area contributed by atoms with Crippen molar-refractivity contribution in [2.24, 2.45) is 5.73 Å². The van der Waals surface area contributed by atoms with Gasteiger partial charge in [-0.3, -0.25) is 4.90 Å². The molecule has 0 aromatic heterocycles. The summed E-state index contributed by atoms with van der Waals surface area (Å²) in [7, 11) is 2.17. The molecule has 0 spiro atoms. The van der Waals surface area contributed by atoms with Gasteiger partial charge in [0.25, 0.3) is 0 Å². The predicted octanol–water partition coefficient (Wildman–Crippen LogP) is 2.94. The smallest absolute Gasteiger partial charge is 0.0234 e. The SMILES string of the molecule is CCCCC(CN)N(C)Cc1ccc(C)cc1. The number of rotatable bonds is 7. The maximum absolute atomic E-state index is 5.85. The molecule has 1 rings (SSSR count). The van der Waals surface area contributed by atoms with E-state index in [9.17, 15) is 0 Å². The maximum atomic E-state index is 5.85. The van der Waals surface area contributed by atoms with Crippen molar-refractivity contribution in [3.05, 3.63) is 35.4 Å². The lowest BCUT2D eigenvalue weighted by molar-refractivity contribution is 0.223. The molecule has 2 nitrogen and oxygen atoms in total. The highest BCUT2D eigenvalue weighted by Gasteiger charge is 2.12. The maximum Gasteiger partial charge on any atom is 0.0234 e. The molecule has 0 saturated carbocycles. The van der Waals surface area contributed by atoms with Crippen LogP contribution in [0, 0.1) is 6.92 Å². The minimum absolute atomic E-state index is 0.510. The van der Waals surface area contributed by atoms with Gasteiger partial charge in [-0.2, -0.15) is 0 Å². The van der Waals surface area contributed by atoms with Crippen LogP contribution >= 0.6 is 0 Å². The molecule has 1 unspecified atom stereocenters. The monoisotopic (exact) mass is 234 g/mol. The lowest BCUT2D eigenvalue weighted by Gasteiger charge is -2.27. The number of unbranched alkanes of at least 4 members (excludes halogenated alkanes) is 1. The van der Waals surface area contributed by atoms with Gasteiger partial charge in [-0.25, -0.2) is 0 Å². The van der Waals surface area contributed by atoms with Crippen molar-refractivity contribution >= 4 is 0 Å². The van der Waals surface area contributed by atoms with Gasteiger partial charge in [0, 0.05) is 19.1 Å². The molecule has 0 aliphatic rings. The Kier molecular flexibility index (Phi) is 6.23. The Bertz CT molecular complexity index is 305. The Morgan fingerprint density at radius 1 is 1.24 bits per heavy atom. The molecule has 2 N–H and O–H groups in total. The molecule has 1 aromatic rings. The van der Waals surface area contributed by atoms with Crippen molar-refractivity contribution in [3.63, 3.8) is 0 Å². The van der Waals surface area contributed by atoms with E-state index < -0.39 is 0 Å². The van der Waals surface area contributed by atoms with Crippen molar-refractivity contribution in [1.82, 2.24) is 4.90 Å². The van der Waals surface area contributed by atoms with E-state index in [1.54, 1.807) is 0 Å². The van der Waals surface area contributed by atoms with Crippen molar-refractivity contribution in [2.45, 2.75) is 45.7 Å². The van der Waals surface area contributed by atoms with Crippen molar-refractivity contribution in [1.29, 1.82) is 0 Å². The van der Waals surface area contributed by atoms with Gasteiger partial charge in [0.1, 0.15) is 0 Å². The highest BCUT2D eigenvalue weighted by Crippen LogP contribution is 2.11. The summed E-state index contributed by atoms with van der Waals surface area (Å²) in [4.78, 5) is 2.38. The summed E-state index contributed by atoms with van der Waals surface area (Å²) in [6, 6.07) is 9.27. The minimum atomic E-state index is 0.510. The fourth-order valence-corrected chi connectivity index (χ4v) is 2.07. The summed E-state index contributed by atoms with van der Waals surface area (Å²) in [5.41, 5.74) is 8.54. The number of aryl methyl sites for hydroxylation is 1. The molecule has 0 bridgehead atoms. The van der Waals surface area contributed by atoms with Crippen molar-refractivity contribution in [2.75, 3.05) is 13.6 Å². The Morgan fingerprint density at radius 3 is 2.41 bits per heavy atom. The molecular formula is C15H26N2. The van der Waals surface area contributed by atoms with E-state index in [4.69, 9.17) is 5.73 Å². The normalized spacial score (nSPS) is 13.0. The van der Waals surface area contributed by atoms with Crippen LogP contribution in [0.1, 0.15) is 37.3 Å². The molecule has 0 saturated heterocycles. The molecule has 0 heterocycles. The number of benzene rings is 1. The summed E-state index contributed by atoms with van der Waals surface area (Å²) in [5, 5.41) is 0. The topological polar surface area (TPSA) is 29.3 Å². The van der Waals surface area contributed by atoms with E-state index in [0.29, 0.717) is 6.04 Å². The third-order valence-electron chi connectivity index (χ3n) is 3.34. The van der Waals surface area contributed by atoms with Gasteiger partial charge in [0.15, 0.2) is 0 Å². The van der Waals surface area contributed by atoms with Crippen LogP contribution in [0.25, 0.3) is 0 Å². The summed E-state index contributed by atoms with van der Waals surface area (Å²) in [6.07, 6.45) is 3.71. The molecule has 2 heteroatoms. The van der Waals surface area contributed by atoms with Crippen LogP contribution in [-0.2, 0) is 6.54 Å². The van der Waals surface area contributed by atoms with Crippen molar-refractivity contribution in [3.8, 4) is 0 Å². The zero-order chi connectivity index (χ0) is 12.7. The highest BCUT2D eigenvalue weighted by molar-refractivity contribution is 5.21. The second kappa shape index (κ2) is 7.46. The first-order valence-electron chi connectivity index (χ1n) is 6.63. The summed E-state index contributed by atoms with van der Waals surface area (Å²) < 4.78 is 0. The summed E-state index contributed by atoms with van der Waals surface area (Å²) in [6.45, 7) is 6.10. The molecule has 1 atom stereocenters. The third-order valence-corrected chi connectivity index (χ3v) is 3.34. The van der Waals surface area contributed by atoms with Crippen LogP contribution < -0.4 is 5.73 Å². The fraction of sp³-hybridized carbons (Fsp3) is 0.600. The molecule has 0 aliphatic carbocycles. The second-order valence-corrected chi connectivity index (χ2v) is 4.93. The van der Waals surface area contributed by atoms with E-state index in [1.165, 1.54) is 30.4 Å². The zero-order valence-corrected chi connectivity index (χ0v) is 11.4. The zero-order valence-electron chi connectivity index (χ0n) is 11.4. The molecule has 1 aromatic carbocycles. The number of hydrogen-bond acceptors (Lipinski definition) is 2. The minimum Gasteiger partial charge on any atom is -0.329 e. The Hall–Kier alpha value is -0.860. The summed E-state index contributed by atoms with van der Waals surface area (Å²) >= 11 is 0. The van der Waals surface area contributed by atoms with E-state index >= 15 is 0 Å². The number of likely N-dealkylation sites (N-methyl/N-ethyl adjacent to an activating group) is 1. The van der Waals surface area contributed by atoms with E-state index in [-0.39, 0.29) is 0 Å². The van der Waals surface area contributed by atoms with Gasteiger partial charge in [0.05, 0.1) is 0 Å². The first-order valence-corrected chi connectivity index (χ1v) is 6.63. The Balaban J connectivity index is 2.51. The first kappa shape index (κ1) is 14.2. The molecule has 96 valence electrons. The Morgan fingerprint density at radius 2 is 1.88 bits per heavy atom. The molecular weight excluding hydrogens is 208 g/mol. The summed E-state index contributed by atoms with van der Waals surface area (Å²) in [5.74, 6) is 0. The molecule has 0 radical (unpaired) electrons. The van der Waals surface area contributed by atoms with E-state index in [0.717, 1.165) is 13.1 Å².